The van der Waals surface area contributed by atoms with Crippen LogP contribution in [0.25, 0.3) is 5.84 Å². The van der Waals surface area contributed by atoms with Crippen LogP contribution >= 0.6 is 0 Å². The normalized spacial score (nSPS) is 15.4. The number of morpholine rings is 1. The summed E-state index contributed by atoms with van der Waals surface area (Å²) in [7, 11) is 1.59. The lowest BCUT2D eigenvalue weighted by Crippen LogP contribution is -2.37. The van der Waals surface area contributed by atoms with E-state index in [4.69, 9.17) is 13.9 Å². The number of hydrogen-bond donors (Lipinski definition) is 1. The molecule has 3 heterocycles. The molecule has 2 aromatic rings. The maximum absolute atomic E-state index is 12.3. The summed E-state index contributed by atoms with van der Waals surface area (Å²) in [6.07, 6.45) is 0. The highest BCUT2D eigenvalue weighted by molar-refractivity contribution is 5.93. The Balaban J connectivity index is 1.89. The standard InChI is InChI=1S/C15H23N5O4/c1-10(2)11-12(13(21)16-4-7-22-3)24-15-17-14(18-20(11)15)19-5-8-23-9-6-19/h10H,4-9H2,1-3H3,(H,16,21). The molecule has 1 amide bonds. The van der Waals surface area contributed by atoms with Crippen molar-refractivity contribution in [3.05, 3.63) is 11.5 Å². The number of nitrogens with zero attached hydrogens (tertiary/aromatic N) is 4. The highest BCUT2D eigenvalue weighted by Crippen LogP contribution is 2.25. The van der Waals surface area contributed by atoms with E-state index in [1.165, 1.54) is 0 Å². The summed E-state index contributed by atoms with van der Waals surface area (Å²) >= 11 is 0. The molecule has 1 aliphatic rings. The van der Waals surface area contributed by atoms with E-state index < -0.39 is 0 Å². The SMILES string of the molecule is COCCNC(=O)c1oc2nc(N3CCOCC3)nn2c1C(C)C. The van der Waals surface area contributed by atoms with Gasteiger partial charge in [0.1, 0.15) is 0 Å². The number of ether oxygens (including phenoxy) is 2. The predicted octanol–water partition coefficient (Wildman–Crippen LogP) is 0.659. The van der Waals surface area contributed by atoms with Gasteiger partial charge in [0, 0.05) is 26.7 Å². The van der Waals surface area contributed by atoms with Crippen molar-refractivity contribution in [2.24, 2.45) is 0 Å². The maximum atomic E-state index is 12.3. The molecular formula is C15H23N5O4. The first-order valence-electron chi connectivity index (χ1n) is 8.11. The van der Waals surface area contributed by atoms with Crippen molar-refractivity contribution in [2.75, 3.05) is 51.5 Å². The predicted molar refractivity (Wildman–Crippen MR) is 86.6 cm³/mol. The molecule has 0 unspecified atom stereocenters. The Hall–Kier alpha value is -2.13. The molecule has 0 spiro atoms. The quantitative estimate of drug-likeness (QED) is 0.774. The third-order valence-electron chi connectivity index (χ3n) is 3.86. The van der Waals surface area contributed by atoms with Gasteiger partial charge in [-0.15, -0.1) is 5.10 Å². The lowest BCUT2D eigenvalue weighted by molar-refractivity contribution is 0.0909. The molecule has 2 aromatic heterocycles. The largest absolute Gasteiger partial charge is 0.416 e. The topological polar surface area (TPSA) is 94.1 Å². The summed E-state index contributed by atoms with van der Waals surface area (Å²) in [5, 5.41) is 7.30. The zero-order valence-electron chi connectivity index (χ0n) is 14.2. The lowest BCUT2D eigenvalue weighted by Gasteiger charge is -2.25. The molecule has 1 N–H and O–H groups in total. The number of anilines is 1. The molecule has 3 rings (SSSR count). The molecule has 24 heavy (non-hydrogen) atoms. The second-order valence-electron chi connectivity index (χ2n) is 5.93. The first-order valence-corrected chi connectivity index (χ1v) is 8.11. The number of carbonyl (C=O) groups is 1. The fourth-order valence-corrected chi connectivity index (χ4v) is 2.66. The number of carbonyl (C=O) groups excluding carboxylic acids is 1. The van der Waals surface area contributed by atoms with E-state index in [-0.39, 0.29) is 17.6 Å². The zero-order chi connectivity index (χ0) is 17.1. The number of nitrogens with one attached hydrogen (secondary N) is 1. The van der Waals surface area contributed by atoms with Crippen LogP contribution in [0.4, 0.5) is 5.95 Å². The van der Waals surface area contributed by atoms with Crippen LogP contribution in [0, 0.1) is 0 Å². The minimum Gasteiger partial charge on any atom is -0.416 e. The Bertz CT molecular complexity index is 702. The van der Waals surface area contributed by atoms with Gasteiger partial charge in [-0.25, -0.2) is 0 Å². The molecule has 0 radical (unpaired) electrons. The van der Waals surface area contributed by atoms with Gasteiger partial charge < -0.3 is 24.1 Å². The van der Waals surface area contributed by atoms with Crippen LogP contribution in [0.5, 0.6) is 0 Å². The number of oxazole rings is 1. The van der Waals surface area contributed by atoms with E-state index in [2.05, 4.69) is 20.3 Å². The van der Waals surface area contributed by atoms with Crippen molar-refractivity contribution in [3.8, 4) is 0 Å². The second kappa shape index (κ2) is 7.18. The van der Waals surface area contributed by atoms with Gasteiger partial charge in [-0.3, -0.25) is 4.79 Å². The fraction of sp³-hybridized carbons (Fsp3) is 0.667. The van der Waals surface area contributed by atoms with Crippen molar-refractivity contribution in [1.82, 2.24) is 19.9 Å². The number of hydrogen-bond acceptors (Lipinski definition) is 7. The molecule has 0 atom stereocenters. The molecular weight excluding hydrogens is 314 g/mol. The van der Waals surface area contributed by atoms with Gasteiger partial charge in [-0.05, 0) is 5.92 Å². The third kappa shape index (κ3) is 3.22. The van der Waals surface area contributed by atoms with Gasteiger partial charge in [0.2, 0.25) is 11.7 Å². The monoisotopic (exact) mass is 337 g/mol. The van der Waals surface area contributed by atoms with Gasteiger partial charge in [0.05, 0.1) is 25.5 Å². The van der Waals surface area contributed by atoms with Gasteiger partial charge >= 0.3 is 5.84 Å². The van der Waals surface area contributed by atoms with E-state index in [0.717, 1.165) is 13.1 Å². The number of fused-ring (bicyclic) bond motifs is 1. The van der Waals surface area contributed by atoms with E-state index >= 15 is 0 Å². The number of rotatable bonds is 6. The second-order valence-corrected chi connectivity index (χ2v) is 5.93. The van der Waals surface area contributed by atoms with Crippen LogP contribution in [-0.4, -0.2) is 67.1 Å². The summed E-state index contributed by atoms with van der Waals surface area (Å²) in [5.74, 6) is 0.969. The smallest absolute Gasteiger partial charge is 0.327 e. The highest BCUT2D eigenvalue weighted by Gasteiger charge is 2.27. The Morgan fingerprint density at radius 2 is 2.12 bits per heavy atom. The Morgan fingerprint density at radius 3 is 2.79 bits per heavy atom. The van der Waals surface area contributed by atoms with Crippen LogP contribution in [-0.2, 0) is 9.47 Å². The molecule has 1 fully saturated rings. The molecule has 1 aliphatic heterocycles. The molecule has 0 aliphatic carbocycles. The molecule has 9 nitrogen and oxygen atoms in total. The van der Waals surface area contributed by atoms with Crippen LogP contribution in [0.3, 0.4) is 0 Å². The summed E-state index contributed by atoms with van der Waals surface area (Å²) in [5.41, 5.74) is 0.715. The van der Waals surface area contributed by atoms with Crippen LogP contribution in [0.2, 0.25) is 0 Å². The summed E-state index contributed by atoms with van der Waals surface area (Å²) < 4.78 is 17.6. The number of aromatic nitrogens is 3. The van der Waals surface area contributed by atoms with E-state index in [1.807, 2.05) is 13.8 Å². The first kappa shape index (κ1) is 16.7. The van der Waals surface area contributed by atoms with E-state index in [1.54, 1.807) is 11.6 Å². The van der Waals surface area contributed by atoms with Crippen molar-refractivity contribution in [1.29, 1.82) is 0 Å². The van der Waals surface area contributed by atoms with Gasteiger partial charge in [0.15, 0.2) is 0 Å². The highest BCUT2D eigenvalue weighted by atomic mass is 16.5. The van der Waals surface area contributed by atoms with Crippen molar-refractivity contribution in [2.45, 2.75) is 19.8 Å². The van der Waals surface area contributed by atoms with Gasteiger partial charge in [0.25, 0.3) is 5.91 Å². The Labute approximate surface area is 139 Å². The van der Waals surface area contributed by atoms with Crippen LogP contribution in [0.15, 0.2) is 4.42 Å². The Morgan fingerprint density at radius 1 is 1.38 bits per heavy atom. The maximum Gasteiger partial charge on any atom is 0.327 e. The fourth-order valence-electron chi connectivity index (χ4n) is 2.66. The summed E-state index contributed by atoms with van der Waals surface area (Å²) in [6.45, 7) is 7.65. The van der Waals surface area contributed by atoms with E-state index in [0.29, 0.717) is 43.9 Å². The molecule has 0 saturated carbocycles. The average molecular weight is 337 g/mol. The van der Waals surface area contributed by atoms with Crippen molar-refractivity contribution in [3.63, 3.8) is 0 Å². The average Bonchev–Trinajstić information content (AvgIpc) is 3.13. The molecule has 132 valence electrons. The minimum absolute atomic E-state index is 0.0636. The number of amides is 1. The Kier molecular flexibility index (Phi) is 5.00. The molecule has 9 heteroatoms. The lowest BCUT2D eigenvalue weighted by atomic mass is 10.1. The summed E-state index contributed by atoms with van der Waals surface area (Å²) in [4.78, 5) is 18.8. The first-order chi connectivity index (χ1) is 11.6. The van der Waals surface area contributed by atoms with Crippen molar-refractivity contribution >= 4 is 17.7 Å². The van der Waals surface area contributed by atoms with Gasteiger partial charge in [-0.1, -0.05) is 13.8 Å². The summed E-state index contributed by atoms with van der Waals surface area (Å²) in [6, 6.07) is 0. The third-order valence-corrected chi connectivity index (χ3v) is 3.86. The van der Waals surface area contributed by atoms with Crippen LogP contribution < -0.4 is 10.2 Å². The van der Waals surface area contributed by atoms with E-state index in [9.17, 15) is 4.79 Å². The molecule has 1 saturated heterocycles. The van der Waals surface area contributed by atoms with Crippen molar-refractivity contribution < 1.29 is 18.7 Å². The molecule has 0 aromatic carbocycles. The van der Waals surface area contributed by atoms with Crippen LogP contribution in [0.1, 0.15) is 36.0 Å². The van der Waals surface area contributed by atoms with Gasteiger partial charge in [-0.2, -0.15) is 9.50 Å². The minimum atomic E-state index is -0.282. The molecule has 0 bridgehead atoms. The number of methoxy groups -OCH3 is 1. The zero-order valence-corrected chi connectivity index (χ0v) is 14.2.